The lowest BCUT2D eigenvalue weighted by Crippen LogP contribution is -2.50. The van der Waals surface area contributed by atoms with Crippen LogP contribution in [0.25, 0.3) is 0 Å². The lowest BCUT2D eigenvalue weighted by Gasteiger charge is -2.35. The molecule has 1 aliphatic heterocycles. The lowest BCUT2D eigenvalue weighted by atomic mass is 9.81. The Kier molecular flexibility index (Phi) is 4.49. The van der Waals surface area contributed by atoms with Crippen molar-refractivity contribution in [2.24, 2.45) is 0 Å². The highest BCUT2D eigenvalue weighted by molar-refractivity contribution is 6.09. The highest BCUT2D eigenvalue weighted by atomic mass is 16.2. The molecule has 1 N–H and O–H groups in total. The van der Waals surface area contributed by atoms with Crippen LogP contribution >= 0.6 is 0 Å². The van der Waals surface area contributed by atoms with Gasteiger partial charge in [-0.15, -0.1) is 0 Å². The van der Waals surface area contributed by atoms with Crippen molar-refractivity contribution in [2.75, 3.05) is 13.6 Å². The fourth-order valence-corrected chi connectivity index (χ4v) is 3.32. The van der Waals surface area contributed by atoms with Gasteiger partial charge in [0.25, 0.3) is 5.91 Å². The van der Waals surface area contributed by atoms with Crippen LogP contribution in [0.4, 0.5) is 4.79 Å². The Balaban J connectivity index is 2.10. The Labute approximate surface area is 132 Å². The fraction of sp³-hybridized carbons (Fsp3) is 0.812. The van der Waals surface area contributed by atoms with E-state index in [2.05, 4.69) is 5.32 Å². The van der Waals surface area contributed by atoms with Gasteiger partial charge >= 0.3 is 6.03 Å². The molecule has 1 spiro atoms. The van der Waals surface area contributed by atoms with E-state index in [0.29, 0.717) is 12.8 Å². The number of hydrogen-bond acceptors (Lipinski definition) is 3. The molecule has 0 atom stereocenters. The van der Waals surface area contributed by atoms with E-state index in [-0.39, 0.29) is 29.9 Å². The standard InChI is InChI=1S/C16H27N3O3/c1-5-15(2,3)17-12(20)11-19-13(21)16(18(4)14(19)22)9-7-6-8-10-16/h5-11H2,1-4H3,(H,17,20). The Morgan fingerprint density at radius 2 is 1.82 bits per heavy atom. The molecule has 2 fully saturated rings. The van der Waals surface area contributed by atoms with E-state index in [0.717, 1.165) is 30.6 Å². The number of urea groups is 1. The van der Waals surface area contributed by atoms with Crippen molar-refractivity contribution >= 4 is 17.8 Å². The molecule has 2 aliphatic rings. The van der Waals surface area contributed by atoms with Crippen LogP contribution in [0.15, 0.2) is 0 Å². The molecule has 6 nitrogen and oxygen atoms in total. The van der Waals surface area contributed by atoms with Gasteiger partial charge in [-0.2, -0.15) is 0 Å². The smallest absolute Gasteiger partial charge is 0.327 e. The second kappa shape index (κ2) is 5.89. The summed E-state index contributed by atoms with van der Waals surface area (Å²) in [6, 6.07) is -0.351. The van der Waals surface area contributed by atoms with Crippen molar-refractivity contribution in [1.29, 1.82) is 0 Å². The maximum absolute atomic E-state index is 12.8. The molecule has 1 saturated carbocycles. The van der Waals surface area contributed by atoms with Gasteiger partial charge in [0, 0.05) is 12.6 Å². The van der Waals surface area contributed by atoms with E-state index in [9.17, 15) is 14.4 Å². The number of imide groups is 1. The molecular weight excluding hydrogens is 282 g/mol. The summed E-state index contributed by atoms with van der Waals surface area (Å²) in [4.78, 5) is 40.0. The van der Waals surface area contributed by atoms with Gasteiger partial charge in [0.2, 0.25) is 5.91 Å². The van der Waals surface area contributed by atoms with E-state index < -0.39 is 5.54 Å². The van der Waals surface area contributed by atoms with Crippen LogP contribution in [0.5, 0.6) is 0 Å². The molecule has 0 aromatic rings. The Morgan fingerprint density at radius 3 is 2.36 bits per heavy atom. The number of carbonyl (C=O) groups excluding carboxylic acids is 3. The maximum atomic E-state index is 12.8. The number of hydrogen-bond donors (Lipinski definition) is 1. The number of nitrogens with one attached hydrogen (secondary N) is 1. The number of nitrogens with zero attached hydrogens (tertiary/aromatic N) is 2. The normalized spacial score (nSPS) is 21.6. The molecule has 1 heterocycles. The van der Waals surface area contributed by atoms with Crippen LogP contribution in [-0.4, -0.2) is 52.3 Å². The fourth-order valence-electron chi connectivity index (χ4n) is 3.32. The summed E-state index contributed by atoms with van der Waals surface area (Å²) in [6.45, 7) is 5.64. The minimum Gasteiger partial charge on any atom is -0.350 e. The molecule has 6 heteroatoms. The van der Waals surface area contributed by atoms with E-state index in [1.807, 2.05) is 20.8 Å². The highest BCUT2D eigenvalue weighted by Gasteiger charge is 2.55. The first kappa shape index (κ1) is 16.8. The molecule has 124 valence electrons. The SMILES string of the molecule is CCC(C)(C)NC(=O)CN1C(=O)N(C)C2(CCCCC2)C1=O. The first-order valence-electron chi connectivity index (χ1n) is 8.14. The van der Waals surface area contributed by atoms with E-state index >= 15 is 0 Å². The molecule has 0 bridgehead atoms. The van der Waals surface area contributed by atoms with Gasteiger partial charge in [0.15, 0.2) is 0 Å². The molecule has 4 amide bonds. The summed E-state index contributed by atoms with van der Waals surface area (Å²) >= 11 is 0. The average molecular weight is 309 g/mol. The lowest BCUT2D eigenvalue weighted by molar-refractivity contribution is -0.137. The van der Waals surface area contributed by atoms with Gasteiger partial charge in [0.1, 0.15) is 12.1 Å². The van der Waals surface area contributed by atoms with Gasteiger partial charge in [-0.05, 0) is 33.1 Å². The third-order valence-electron chi connectivity index (χ3n) is 5.15. The predicted molar refractivity (Wildman–Crippen MR) is 83.2 cm³/mol. The van der Waals surface area contributed by atoms with Crippen molar-refractivity contribution in [3.05, 3.63) is 0 Å². The van der Waals surface area contributed by atoms with Gasteiger partial charge in [0.05, 0.1) is 0 Å². The first-order valence-corrected chi connectivity index (χ1v) is 8.14. The van der Waals surface area contributed by atoms with Gasteiger partial charge in [-0.3, -0.25) is 14.5 Å². The molecule has 1 saturated heterocycles. The monoisotopic (exact) mass is 309 g/mol. The molecular formula is C16H27N3O3. The van der Waals surface area contributed by atoms with E-state index in [4.69, 9.17) is 0 Å². The van der Waals surface area contributed by atoms with E-state index in [1.165, 1.54) is 0 Å². The quantitative estimate of drug-likeness (QED) is 0.806. The van der Waals surface area contributed by atoms with Crippen LogP contribution in [0.3, 0.4) is 0 Å². The summed E-state index contributed by atoms with van der Waals surface area (Å²) in [5.41, 5.74) is -1.05. The molecule has 0 radical (unpaired) electrons. The zero-order valence-corrected chi connectivity index (χ0v) is 14.1. The van der Waals surface area contributed by atoms with Crippen LogP contribution in [0, 0.1) is 0 Å². The van der Waals surface area contributed by atoms with Crippen LogP contribution in [0.2, 0.25) is 0 Å². The summed E-state index contributed by atoms with van der Waals surface area (Å²) in [6.07, 6.45) is 5.19. The zero-order valence-electron chi connectivity index (χ0n) is 14.1. The Morgan fingerprint density at radius 1 is 1.23 bits per heavy atom. The average Bonchev–Trinajstić information content (AvgIpc) is 2.64. The van der Waals surface area contributed by atoms with Crippen molar-refractivity contribution in [1.82, 2.24) is 15.1 Å². The van der Waals surface area contributed by atoms with Crippen LogP contribution in [-0.2, 0) is 9.59 Å². The highest BCUT2D eigenvalue weighted by Crippen LogP contribution is 2.39. The third-order valence-corrected chi connectivity index (χ3v) is 5.15. The van der Waals surface area contributed by atoms with Crippen molar-refractivity contribution in [3.8, 4) is 0 Å². The van der Waals surface area contributed by atoms with Crippen molar-refractivity contribution in [2.45, 2.75) is 70.4 Å². The van der Waals surface area contributed by atoms with Gasteiger partial charge in [-0.25, -0.2) is 4.79 Å². The predicted octanol–water partition coefficient (Wildman–Crippen LogP) is 1.89. The molecule has 0 aromatic heterocycles. The molecule has 0 unspecified atom stereocenters. The minimum absolute atomic E-state index is 0.187. The Bertz CT molecular complexity index is 481. The minimum atomic E-state index is -0.712. The summed E-state index contributed by atoms with van der Waals surface area (Å²) in [5, 5.41) is 2.88. The number of rotatable bonds is 4. The van der Waals surface area contributed by atoms with Crippen LogP contribution < -0.4 is 5.32 Å². The summed E-state index contributed by atoms with van der Waals surface area (Å²) < 4.78 is 0. The summed E-state index contributed by atoms with van der Waals surface area (Å²) in [5.74, 6) is -0.487. The molecule has 2 rings (SSSR count). The number of carbonyl (C=O) groups is 3. The second-order valence-corrected chi connectivity index (χ2v) is 7.11. The Hall–Kier alpha value is -1.59. The van der Waals surface area contributed by atoms with Crippen molar-refractivity contribution < 1.29 is 14.4 Å². The van der Waals surface area contributed by atoms with Crippen LogP contribution in [0.1, 0.15) is 59.3 Å². The molecule has 0 aromatic carbocycles. The maximum Gasteiger partial charge on any atom is 0.327 e. The summed E-state index contributed by atoms with van der Waals surface area (Å²) in [7, 11) is 1.68. The van der Waals surface area contributed by atoms with E-state index in [1.54, 1.807) is 11.9 Å². The van der Waals surface area contributed by atoms with Gasteiger partial charge < -0.3 is 10.2 Å². The number of likely N-dealkylation sites (N-methyl/N-ethyl adjacent to an activating group) is 1. The first-order chi connectivity index (χ1) is 10.2. The second-order valence-electron chi connectivity index (χ2n) is 7.11. The molecule has 22 heavy (non-hydrogen) atoms. The molecule has 1 aliphatic carbocycles. The third kappa shape index (κ3) is 2.83. The zero-order chi connectivity index (χ0) is 16.5. The topological polar surface area (TPSA) is 69.7 Å². The van der Waals surface area contributed by atoms with Gasteiger partial charge in [-0.1, -0.05) is 26.2 Å². The van der Waals surface area contributed by atoms with Crippen molar-refractivity contribution in [3.63, 3.8) is 0 Å². The number of amides is 4. The largest absolute Gasteiger partial charge is 0.350 e.